The van der Waals surface area contributed by atoms with E-state index in [4.69, 9.17) is 0 Å². The first-order valence-corrected chi connectivity index (χ1v) is 11.4. The Labute approximate surface area is 165 Å². The van der Waals surface area contributed by atoms with Crippen molar-refractivity contribution in [2.75, 3.05) is 14.2 Å². The standard InChI is InChI=1S/C18H22N2O6S2/c1-13-7-8-16(18(21)26-3)10-17(13)28(24,25)20-11-14-5-4-6-15(9-14)12-27(22,23)19-2/h4-10,19-20H,11-12H2,1-3H3. The normalized spacial score (nSPS) is 12.0. The molecule has 0 bridgehead atoms. The van der Waals surface area contributed by atoms with E-state index in [0.29, 0.717) is 16.7 Å². The third-order valence-electron chi connectivity index (χ3n) is 4.02. The van der Waals surface area contributed by atoms with Crippen molar-refractivity contribution in [3.8, 4) is 0 Å². The summed E-state index contributed by atoms with van der Waals surface area (Å²) in [6, 6.07) is 10.9. The average molecular weight is 427 g/mol. The lowest BCUT2D eigenvalue weighted by atomic mass is 10.1. The van der Waals surface area contributed by atoms with Crippen LogP contribution in [0.3, 0.4) is 0 Å². The lowest BCUT2D eigenvalue weighted by Crippen LogP contribution is -2.24. The van der Waals surface area contributed by atoms with E-state index in [1.807, 2.05) is 0 Å². The van der Waals surface area contributed by atoms with Crippen molar-refractivity contribution in [3.63, 3.8) is 0 Å². The molecule has 2 aromatic carbocycles. The van der Waals surface area contributed by atoms with Crippen molar-refractivity contribution in [3.05, 3.63) is 64.7 Å². The molecule has 0 fully saturated rings. The van der Waals surface area contributed by atoms with E-state index >= 15 is 0 Å². The number of rotatable bonds is 8. The maximum absolute atomic E-state index is 12.7. The second-order valence-corrected chi connectivity index (χ2v) is 9.74. The summed E-state index contributed by atoms with van der Waals surface area (Å²) >= 11 is 0. The van der Waals surface area contributed by atoms with Gasteiger partial charge in [-0.2, -0.15) is 0 Å². The van der Waals surface area contributed by atoms with Crippen molar-refractivity contribution in [2.45, 2.75) is 24.1 Å². The number of sulfonamides is 2. The van der Waals surface area contributed by atoms with Crippen LogP contribution in [-0.2, 0) is 37.1 Å². The third kappa shape index (κ3) is 5.61. The minimum atomic E-state index is -3.89. The fraction of sp³-hybridized carbons (Fsp3) is 0.278. The molecule has 0 spiro atoms. The number of benzene rings is 2. The average Bonchev–Trinajstić information content (AvgIpc) is 2.66. The molecule has 0 saturated heterocycles. The van der Waals surface area contributed by atoms with Gasteiger partial charge in [0.05, 0.1) is 23.3 Å². The molecule has 0 aromatic heterocycles. The van der Waals surface area contributed by atoms with Crippen molar-refractivity contribution in [1.29, 1.82) is 0 Å². The Morgan fingerprint density at radius 3 is 2.36 bits per heavy atom. The van der Waals surface area contributed by atoms with Gasteiger partial charge in [-0.25, -0.2) is 31.1 Å². The van der Waals surface area contributed by atoms with E-state index in [9.17, 15) is 21.6 Å². The fourth-order valence-electron chi connectivity index (χ4n) is 2.51. The highest BCUT2D eigenvalue weighted by Crippen LogP contribution is 2.18. The number of hydrogen-bond acceptors (Lipinski definition) is 6. The van der Waals surface area contributed by atoms with Crippen LogP contribution in [0.25, 0.3) is 0 Å². The molecule has 0 unspecified atom stereocenters. The highest BCUT2D eigenvalue weighted by Gasteiger charge is 2.19. The van der Waals surface area contributed by atoms with Crippen LogP contribution < -0.4 is 9.44 Å². The van der Waals surface area contributed by atoms with Gasteiger partial charge in [0.2, 0.25) is 20.0 Å². The number of esters is 1. The number of aryl methyl sites for hydroxylation is 1. The molecule has 28 heavy (non-hydrogen) atoms. The van der Waals surface area contributed by atoms with Crippen LogP contribution in [0.2, 0.25) is 0 Å². The zero-order valence-corrected chi connectivity index (χ0v) is 17.4. The summed E-state index contributed by atoms with van der Waals surface area (Å²) < 4.78 is 58.0. The van der Waals surface area contributed by atoms with Crippen molar-refractivity contribution >= 4 is 26.0 Å². The molecular weight excluding hydrogens is 404 g/mol. The first-order valence-electron chi connectivity index (χ1n) is 8.25. The molecule has 2 rings (SSSR count). The lowest BCUT2D eigenvalue weighted by Gasteiger charge is -2.11. The van der Waals surface area contributed by atoms with Crippen molar-refractivity contribution in [2.24, 2.45) is 0 Å². The first-order chi connectivity index (χ1) is 13.1. The Morgan fingerprint density at radius 2 is 1.71 bits per heavy atom. The predicted octanol–water partition coefficient (Wildman–Crippen LogP) is 1.31. The molecule has 0 saturated carbocycles. The summed E-state index contributed by atoms with van der Waals surface area (Å²) in [5.74, 6) is -0.834. The van der Waals surface area contributed by atoms with E-state index in [-0.39, 0.29) is 22.8 Å². The molecule has 152 valence electrons. The maximum atomic E-state index is 12.7. The molecule has 0 heterocycles. The summed E-state index contributed by atoms with van der Waals surface area (Å²) in [6.45, 7) is 1.59. The van der Waals surface area contributed by atoms with Gasteiger partial charge >= 0.3 is 5.97 Å². The number of carbonyl (C=O) groups is 1. The summed E-state index contributed by atoms with van der Waals surface area (Å²) in [7, 11) is -4.77. The summed E-state index contributed by atoms with van der Waals surface area (Å²) in [4.78, 5) is 11.6. The Kier molecular flexibility index (Phi) is 6.94. The Bertz CT molecular complexity index is 1080. The third-order valence-corrected chi connectivity index (χ3v) is 6.90. The lowest BCUT2D eigenvalue weighted by molar-refractivity contribution is 0.0600. The van der Waals surface area contributed by atoms with Gasteiger partial charge in [-0.15, -0.1) is 0 Å². The first kappa shape index (κ1) is 22.0. The van der Waals surface area contributed by atoms with Gasteiger partial charge in [-0.05, 0) is 42.8 Å². The molecule has 0 aliphatic carbocycles. The molecule has 2 aromatic rings. The molecule has 0 amide bonds. The van der Waals surface area contributed by atoms with E-state index in [1.54, 1.807) is 31.2 Å². The smallest absolute Gasteiger partial charge is 0.337 e. The highest BCUT2D eigenvalue weighted by atomic mass is 32.2. The molecule has 0 aliphatic rings. The Balaban J connectivity index is 2.21. The van der Waals surface area contributed by atoms with Crippen LogP contribution in [0.4, 0.5) is 0 Å². The fourth-order valence-corrected chi connectivity index (χ4v) is 4.56. The maximum Gasteiger partial charge on any atom is 0.337 e. The minimum absolute atomic E-state index is 0.0238. The molecular formula is C18H22N2O6S2. The van der Waals surface area contributed by atoms with Gasteiger partial charge in [0, 0.05) is 6.54 Å². The SMILES string of the molecule is CNS(=O)(=O)Cc1cccc(CNS(=O)(=O)c2cc(C(=O)OC)ccc2C)c1. The molecule has 10 heteroatoms. The second kappa shape index (κ2) is 8.82. The van der Waals surface area contributed by atoms with E-state index in [2.05, 4.69) is 14.2 Å². The summed E-state index contributed by atoms with van der Waals surface area (Å²) in [5, 5.41) is 0. The largest absolute Gasteiger partial charge is 0.465 e. The van der Waals surface area contributed by atoms with Crippen LogP contribution in [0.5, 0.6) is 0 Å². The quantitative estimate of drug-likeness (QED) is 0.615. The predicted molar refractivity (Wildman–Crippen MR) is 105 cm³/mol. The number of nitrogens with one attached hydrogen (secondary N) is 2. The topological polar surface area (TPSA) is 119 Å². The van der Waals surface area contributed by atoms with Crippen LogP contribution in [0.1, 0.15) is 27.0 Å². The highest BCUT2D eigenvalue weighted by molar-refractivity contribution is 7.89. The molecule has 0 radical (unpaired) electrons. The van der Waals surface area contributed by atoms with Gasteiger partial charge in [0.1, 0.15) is 0 Å². The second-order valence-electron chi connectivity index (χ2n) is 6.08. The molecule has 8 nitrogen and oxygen atoms in total. The van der Waals surface area contributed by atoms with Crippen LogP contribution in [0, 0.1) is 6.92 Å². The van der Waals surface area contributed by atoms with Crippen LogP contribution in [0.15, 0.2) is 47.4 Å². The van der Waals surface area contributed by atoms with Crippen molar-refractivity contribution < 1.29 is 26.4 Å². The zero-order chi connectivity index (χ0) is 20.9. The monoisotopic (exact) mass is 426 g/mol. The van der Waals surface area contributed by atoms with Crippen molar-refractivity contribution in [1.82, 2.24) is 9.44 Å². The molecule has 2 N–H and O–H groups in total. The van der Waals surface area contributed by atoms with Gasteiger partial charge < -0.3 is 4.74 Å². The number of carbonyl (C=O) groups excluding carboxylic acids is 1. The Hall–Kier alpha value is -2.27. The van der Waals surface area contributed by atoms with E-state index in [1.165, 1.54) is 32.4 Å². The van der Waals surface area contributed by atoms with Crippen LogP contribution in [-0.4, -0.2) is 37.0 Å². The van der Waals surface area contributed by atoms with Crippen LogP contribution >= 0.6 is 0 Å². The summed E-state index contributed by atoms with van der Waals surface area (Å²) in [5.41, 5.74) is 1.76. The number of ether oxygens (including phenoxy) is 1. The number of hydrogen-bond donors (Lipinski definition) is 2. The summed E-state index contributed by atoms with van der Waals surface area (Å²) in [6.07, 6.45) is 0. The van der Waals surface area contributed by atoms with E-state index in [0.717, 1.165) is 0 Å². The van der Waals surface area contributed by atoms with Gasteiger partial charge in [0.15, 0.2) is 0 Å². The molecule has 0 atom stereocenters. The minimum Gasteiger partial charge on any atom is -0.465 e. The van der Waals surface area contributed by atoms with Gasteiger partial charge in [-0.3, -0.25) is 0 Å². The van der Waals surface area contributed by atoms with Gasteiger partial charge in [-0.1, -0.05) is 30.3 Å². The Morgan fingerprint density at radius 1 is 1.04 bits per heavy atom. The van der Waals surface area contributed by atoms with E-state index < -0.39 is 26.0 Å². The number of methoxy groups -OCH3 is 1. The van der Waals surface area contributed by atoms with Gasteiger partial charge in [0.25, 0.3) is 0 Å². The zero-order valence-electron chi connectivity index (χ0n) is 15.7. The molecule has 0 aliphatic heterocycles.